The van der Waals surface area contributed by atoms with Crippen molar-refractivity contribution >= 4 is 17.5 Å². The molecular formula is C22H22ClFN4O4. The van der Waals surface area contributed by atoms with Crippen LogP contribution < -0.4 is 10.5 Å². The van der Waals surface area contributed by atoms with Gasteiger partial charge in [0.05, 0.1) is 17.3 Å². The molecule has 3 heterocycles. The van der Waals surface area contributed by atoms with Crippen LogP contribution in [0, 0.1) is 5.95 Å². The minimum absolute atomic E-state index is 0.0292. The molecule has 2 aromatic heterocycles. The smallest absolute Gasteiger partial charge is 0.249 e. The van der Waals surface area contributed by atoms with Crippen molar-refractivity contribution in [3.8, 4) is 5.75 Å². The summed E-state index contributed by atoms with van der Waals surface area (Å²) in [5.41, 5.74) is 7.41. The SMILES string of the molecule is NC(=O)c1ccnc(F)c1CC(O)CN1CCc2c(ccc(OCc3cnco3)c2Cl)C1. The van der Waals surface area contributed by atoms with E-state index in [1.165, 1.54) is 18.7 Å². The molecule has 1 aliphatic heterocycles. The van der Waals surface area contributed by atoms with Crippen molar-refractivity contribution in [3.05, 3.63) is 76.0 Å². The molecule has 0 saturated carbocycles. The van der Waals surface area contributed by atoms with Crippen LogP contribution in [0.2, 0.25) is 5.02 Å². The monoisotopic (exact) mass is 460 g/mol. The van der Waals surface area contributed by atoms with E-state index in [-0.39, 0.29) is 24.2 Å². The molecule has 1 aromatic carbocycles. The molecule has 0 saturated heterocycles. The van der Waals surface area contributed by atoms with Gasteiger partial charge in [0.2, 0.25) is 11.9 Å². The number of fused-ring (bicyclic) bond motifs is 1. The number of aliphatic hydroxyl groups is 1. The molecule has 8 nitrogen and oxygen atoms in total. The molecule has 0 fully saturated rings. The molecule has 3 aromatic rings. The molecule has 3 N–H and O–H groups in total. The van der Waals surface area contributed by atoms with Crippen LogP contribution in [-0.4, -0.2) is 45.1 Å². The lowest BCUT2D eigenvalue weighted by Gasteiger charge is -2.31. The first-order valence-corrected chi connectivity index (χ1v) is 10.4. The van der Waals surface area contributed by atoms with E-state index in [0.717, 1.165) is 11.1 Å². The molecule has 32 heavy (non-hydrogen) atoms. The lowest BCUT2D eigenvalue weighted by molar-refractivity contribution is 0.0985. The van der Waals surface area contributed by atoms with Gasteiger partial charge < -0.3 is 20.0 Å². The Labute approximate surface area is 188 Å². The van der Waals surface area contributed by atoms with E-state index in [1.54, 1.807) is 6.20 Å². The van der Waals surface area contributed by atoms with Crippen molar-refractivity contribution in [1.82, 2.24) is 14.9 Å². The van der Waals surface area contributed by atoms with Gasteiger partial charge in [-0.3, -0.25) is 9.69 Å². The first-order chi connectivity index (χ1) is 15.4. The predicted octanol–water partition coefficient (Wildman–Crippen LogP) is 2.50. The van der Waals surface area contributed by atoms with Gasteiger partial charge in [0.25, 0.3) is 0 Å². The van der Waals surface area contributed by atoms with Crippen LogP contribution in [-0.2, 0) is 26.0 Å². The Bertz CT molecular complexity index is 1110. The van der Waals surface area contributed by atoms with Gasteiger partial charge in [-0.25, -0.2) is 9.97 Å². The van der Waals surface area contributed by atoms with Crippen molar-refractivity contribution in [3.63, 3.8) is 0 Å². The normalized spacial score (nSPS) is 14.7. The van der Waals surface area contributed by atoms with E-state index >= 15 is 0 Å². The average molecular weight is 461 g/mol. The van der Waals surface area contributed by atoms with Gasteiger partial charge in [0.15, 0.2) is 12.2 Å². The van der Waals surface area contributed by atoms with Crippen LogP contribution in [0.15, 0.2) is 41.4 Å². The molecule has 10 heteroatoms. The third-order valence-electron chi connectivity index (χ3n) is 5.41. The molecule has 0 bridgehead atoms. The van der Waals surface area contributed by atoms with Crippen LogP contribution in [0.3, 0.4) is 0 Å². The van der Waals surface area contributed by atoms with Gasteiger partial charge in [0, 0.05) is 43.4 Å². The molecule has 0 spiro atoms. The standard InChI is InChI=1S/C22H22ClFN4O4/c23-20-16-4-6-28(9-13(16)1-2-19(20)31-11-15-8-26-12-32-15)10-14(29)7-18-17(22(25)30)3-5-27-21(18)24/h1-3,5,8,12,14,29H,4,6-7,9-11H2,(H2,25,30). The van der Waals surface area contributed by atoms with Crippen LogP contribution in [0.25, 0.3) is 0 Å². The van der Waals surface area contributed by atoms with Gasteiger partial charge >= 0.3 is 0 Å². The summed E-state index contributed by atoms with van der Waals surface area (Å²) in [7, 11) is 0. The second-order valence-electron chi connectivity index (χ2n) is 7.61. The van der Waals surface area contributed by atoms with Gasteiger partial charge in [0.1, 0.15) is 12.4 Å². The summed E-state index contributed by atoms with van der Waals surface area (Å²) in [4.78, 5) is 21.0. The summed E-state index contributed by atoms with van der Waals surface area (Å²) in [5.74, 6) is -0.379. The highest BCUT2D eigenvalue weighted by atomic mass is 35.5. The number of oxazole rings is 1. The number of primary amides is 1. The maximum atomic E-state index is 14.1. The number of rotatable bonds is 8. The number of aliphatic hydroxyl groups excluding tert-OH is 1. The van der Waals surface area contributed by atoms with E-state index in [9.17, 15) is 14.3 Å². The summed E-state index contributed by atoms with van der Waals surface area (Å²) in [6.07, 6.45) is 3.82. The molecule has 0 radical (unpaired) electrons. The third-order valence-corrected chi connectivity index (χ3v) is 5.82. The number of hydrogen-bond acceptors (Lipinski definition) is 7. The van der Waals surface area contributed by atoms with Gasteiger partial charge in [-0.05, 0) is 29.7 Å². The number of pyridine rings is 1. The molecule has 1 aliphatic rings. The van der Waals surface area contributed by atoms with Crippen molar-refractivity contribution < 1.29 is 23.4 Å². The Kier molecular flexibility index (Phi) is 6.69. The van der Waals surface area contributed by atoms with Crippen LogP contribution in [0.1, 0.15) is 32.8 Å². The van der Waals surface area contributed by atoms with E-state index < -0.39 is 18.0 Å². The highest BCUT2D eigenvalue weighted by Crippen LogP contribution is 2.34. The van der Waals surface area contributed by atoms with E-state index in [4.69, 9.17) is 26.5 Å². The number of ether oxygens (including phenoxy) is 1. The minimum atomic E-state index is -0.895. The van der Waals surface area contributed by atoms with Crippen LogP contribution in [0.4, 0.5) is 4.39 Å². The second-order valence-corrected chi connectivity index (χ2v) is 7.98. The molecule has 1 atom stereocenters. The molecule has 1 unspecified atom stereocenters. The lowest BCUT2D eigenvalue weighted by atomic mass is 9.98. The van der Waals surface area contributed by atoms with E-state index in [2.05, 4.69) is 14.9 Å². The largest absolute Gasteiger partial charge is 0.484 e. The summed E-state index contributed by atoms with van der Waals surface area (Å²) in [5, 5.41) is 11.1. The number of nitrogens with zero attached hydrogens (tertiary/aromatic N) is 3. The lowest BCUT2D eigenvalue weighted by Crippen LogP contribution is -2.38. The van der Waals surface area contributed by atoms with Crippen molar-refractivity contribution in [2.24, 2.45) is 5.73 Å². The quantitative estimate of drug-likeness (QED) is 0.496. The zero-order valence-corrected chi connectivity index (χ0v) is 17.9. The Morgan fingerprint density at radius 1 is 1.41 bits per heavy atom. The highest BCUT2D eigenvalue weighted by molar-refractivity contribution is 6.33. The molecule has 4 rings (SSSR count). The highest BCUT2D eigenvalue weighted by Gasteiger charge is 2.24. The Morgan fingerprint density at radius 2 is 2.25 bits per heavy atom. The van der Waals surface area contributed by atoms with Crippen molar-refractivity contribution in [2.45, 2.75) is 32.1 Å². The van der Waals surface area contributed by atoms with Crippen LogP contribution in [0.5, 0.6) is 5.75 Å². The number of hydrogen-bond donors (Lipinski definition) is 2. The number of β-amino-alcohol motifs (C(OH)–C–C–N with tert-alkyl or cyclic N) is 1. The first kappa shape index (κ1) is 22.2. The summed E-state index contributed by atoms with van der Waals surface area (Å²) >= 11 is 6.56. The number of amides is 1. The number of halogens is 2. The average Bonchev–Trinajstić information content (AvgIpc) is 3.28. The fourth-order valence-corrected chi connectivity index (χ4v) is 4.20. The second kappa shape index (κ2) is 9.64. The van der Waals surface area contributed by atoms with Crippen LogP contribution >= 0.6 is 11.6 Å². The Balaban J connectivity index is 1.39. The number of nitrogens with two attached hydrogens (primary N) is 1. The third kappa shape index (κ3) is 4.90. The first-order valence-electron chi connectivity index (χ1n) is 10.1. The fourth-order valence-electron chi connectivity index (χ4n) is 3.87. The fraction of sp³-hybridized carbons (Fsp3) is 0.318. The summed E-state index contributed by atoms with van der Waals surface area (Å²) in [6, 6.07) is 5.11. The Hall–Kier alpha value is -3.01. The maximum Gasteiger partial charge on any atom is 0.249 e. The maximum absolute atomic E-state index is 14.1. The number of benzene rings is 1. The molecular weight excluding hydrogens is 439 g/mol. The zero-order valence-electron chi connectivity index (χ0n) is 17.1. The van der Waals surface area contributed by atoms with Crippen molar-refractivity contribution in [1.29, 1.82) is 0 Å². The predicted molar refractivity (Wildman–Crippen MR) is 114 cm³/mol. The van der Waals surface area contributed by atoms with Gasteiger partial charge in [-0.2, -0.15) is 4.39 Å². The molecule has 168 valence electrons. The van der Waals surface area contributed by atoms with Gasteiger partial charge in [-0.15, -0.1) is 0 Å². The number of aromatic nitrogens is 2. The van der Waals surface area contributed by atoms with Crippen molar-refractivity contribution in [2.75, 3.05) is 13.1 Å². The summed E-state index contributed by atoms with van der Waals surface area (Å²) in [6.45, 7) is 1.77. The Morgan fingerprint density at radius 3 is 3.00 bits per heavy atom. The molecule has 0 aliphatic carbocycles. The van der Waals surface area contributed by atoms with E-state index in [0.29, 0.717) is 42.6 Å². The number of carbonyl (C=O) groups excluding carboxylic acids is 1. The van der Waals surface area contributed by atoms with E-state index in [1.807, 2.05) is 12.1 Å². The molecule has 1 amide bonds. The topological polar surface area (TPSA) is 115 Å². The van der Waals surface area contributed by atoms with Gasteiger partial charge in [-0.1, -0.05) is 17.7 Å². The minimum Gasteiger partial charge on any atom is -0.484 e. The number of carbonyl (C=O) groups is 1. The summed E-state index contributed by atoms with van der Waals surface area (Å²) < 4.78 is 25.0. The zero-order chi connectivity index (χ0) is 22.7.